The Balaban J connectivity index is 2.11. The van der Waals surface area contributed by atoms with E-state index in [9.17, 15) is 0 Å². The molecule has 78 valence electrons. The van der Waals surface area contributed by atoms with Gasteiger partial charge in [0.15, 0.2) is 0 Å². The molecule has 6 heteroatoms. The number of hydrogen-bond acceptors (Lipinski definition) is 5. The first-order chi connectivity index (χ1) is 7.28. The highest BCUT2D eigenvalue weighted by Gasteiger charge is 1.99. The Bertz CT molecular complexity index is 436. The number of nitrogens with two attached hydrogens (primary N) is 1. The lowest BCUT2D eigenvalue weighted by Crippen LogP contribution is -2.04. The molecule has 15 heavy (non-hydrogen) atoms. The third-order valence-electron chi connectivity index (χ3n) is 1.95. The molecule has 0 amide bonds. The molecule has 0 saturated carbocycles. The van der Waals surface area contributed by atoms with E-state index in [2.05, 4.69) is 15.4 Å². The Morgan fingerprint density at radius 1 is 1.33 bits per heavy atom. The second-order valence-corrected chi connectivity index (χ2v) is 3.03. The zero-order valence-corrected chi connectivity index (χ0v) is 8.29. The normalized spacial score (nSPS) is 10.2. The predicted molar refractivity (Wildman–Crippen MR) is 54.3 cm³/mol. The largest absolute Gasteiger partial charge is 0.497 e. The van der Waals surface area contributed by atoms with Crippen molar-refractivity contribution < 1.29 is 4.74 Å². The van der Waals surface area contributed by atoms with Gasteiger partial charge in [-0.3, -0.25) is 0 Å². The SMILES string of the molecule is COc1ccc(Cn2nnc(N)n2)cc1. The van der Waals surface area contributed by atoms with E-state index >= 15 is 0 Å². The predicted octanol–water partition coefficient (Wildman–Crippen LogP) is 0.312. The molecule has 0 fully saturated rings. The summed E-state index contributed by atoms with van der Waals surface area (Å²) in [6.07, 6.45) is 0. The van der Waals surface area contributed by atoms with Crippen LogP contribution in [0.15, 0.2) is 24.3 Å². The van der Waals surface area contributed by atoms with E-state index in [4.69, 9.17) is 10.5 Å². The van der Waals surface area contributed by atoms with Crippen LogP contribution < -0.4 is 10.5 Å². The molecular formula is C9H11N5O. The highest BCUT2D eigenvalue weighted by atomic mass is 16.5. The number of nitrogen functional groups attached to an aromatic ring is 1. The van der Waals surface area contributed by atoms with E-state index in [-0.39, 0.29) is 5.95 Å². The minimum absolute atomic E-state index is 0.184. The van der Waals surface area contributed by atoms with Gasteiger partial charge in [-0.05, 0) is 22.9 Å². The third kappa shape index (κ3) is 2.22. The maximum Gasteiger partial charge on any atom is 0.260 e. The van der Waals surface area contributed by atoms with Gasteiger partial charge >= 0.3 is 0 Å². The highest BCUT2D eigenvalue weighted by molar-refractivity contribution is 5.27. The van der Waals surface area contributed by atoms with Gasteiger partial charge in [-0.1, -0.05) is 17.2 Å². The van der Waals surface area contributed by atoms with E-state index in [1.165, 1.54) is 4.80 Å². The number of nitrogens with zero attached hydrogens (tertiary/aromatic N) is 4. The van der Waals surface area contributed by atoms with Crippen LogP contribution in [-0.4, -0.2) is 27.3 Å². The van der Waals surface area contributed by atoms with Crippen LogP contribution in [0.5, 0.6) is 5.75 Å². The first-order valence-corrected chi connectivity index (χ1v) is 4.44. The van der Waals surface area contributed by atoms with Gasteiger partial charge < -0.3 is 10.5 Å². The van der Waals surface area contributed by atoms with E-state index < -0.39 is 0 Å². The number of hydrogen-bond donors (Lipinski definition) is 1. The molecule has 1 aromatic carbocycles. The zero-order chi connectivity index (χ0) is 10.7. The maximum absolute atomic E-state index is 5.35. The fourth-order valence-electron chi connectivity index (χ4n) is 1.22. The highest BCUT2D eigenvalue weighted by Crippen LogP contribution is 2.11. The summed E-state index contributed by atoms with van der Waals surface area (Å²) in [6.45, 7) is 0.550. The minimum atomic E-state index is 0.184. The van der Waals surface area contributed by atoms with Crippen molar-refractivity contribution in [2.75, 3.05) is 12.8 Å². The summed E-state index contributed by atoms with van der Waals surface area (Å²) >= 11 is 0. The molecule has 2 N–H and O–H groups in total. The molecular weight excluding hydrogens is 194 g/mol. The van der Waals surface area contributed by atoms with Gasteiger partial charge in [0.25, 0.3) is 5.95 Å². The number of rotatable bonds is 3. The van der Waals surface area contributed by atoms with Gasteiger partial charge in [-0.15, -0.1) is 5.10 Å². The Kier molecular flexibility index (Phi) is 2.49. The molecule has 0 saturated heterocycles. The van der Waals surface area contributed by atoms with E-state index in [0.29, 0.717) is 6.54 Å². The zero-order valence-electron chi connectivity index (χ0n) is 8.29. The molecule has 0 aliphatic carbocycles. The molecule has 6 nitrogen and oxygen atoms in total. The average molecular weight is 205 g/mol. The molecule has 1 heterocycles. The minimum Gasteiger partial charge on any atom is -0.497 e. The van der Waals surface area contributed by atoms with Gasteiger partial charge in [-0.2, -0.15) is 4.80 Å². The van der Waals surface area contributed by atoms with Crippen molar-refractivity contribution in [2.24, 2.45) is 0 Å². The van der Waals surface area contributed by atoms with E-state index in [1.807, 2.05) is 24.3 Å². The monoisotopic (exact) mass is 205 g/mol. The molecule has 2 rings (SSSR count). The fourth-order valence-corrected chi connectivity index (χ4v) is 1.22. The van der Waals surface area contributed by atoms with Gasteiger partial charge in [0.2, 0.25) is 0 Å². The summed E-state index contributed by atoms with van der Waals surface area (Å²) in [5.41, 5.74) is 6.42. The van der Waals surface area contributed by atoms with Gasteiger partial charge in [-0.25, -0.2) is 0 Å². The van der Waals surface area contributed by atoms with Gasteiger partial charge in [0, 0.05) is 0 Å². The third-order valence-corrected chi connectivity index (χ3v) is 1.95. The van der Waals surface area contributed by atoms with Crippen molar-refractivity contribution in [3.8, 4) is 5.75 Å². The summed E-state index contributed by atoms with van der Waals surface area (Å²) in [5.74, 6) is 1.01. The van der Waals surface area contributed by atoms with Crippen LogP contribution in [0.25, 0.3) is 0 Å². The number of methoxy groups -OCH3 is 1. The Hall–Kier alpha value is -2.11. The summed E-state index contributed by atoms with van der Waals surface area (Å²) in [6, 6.07) is 7.65. The lowest BCUT2D eigenvalue weighted by atomic mass is 10.2. The van der Waals surface area contributed by atoms with E-state index in [1.54, 1.807) is 7.11 Å². The molecule has 1 aromatic heterocycles. The van der Waals surface area contributed by atoms with Gasteiger partial charge in [0.1, 0.15) is 5.75 Å². The van der Waals surface area contributed by atoms with Crippen molar-refractivity contribution in [3.05, 3.63) is 29.8 Å². The average Bonchev–Trinajstić information content (AvgIpc) is 2.65. The number of benzene rings is 1. The molecule has 0 bridgehead atoms. The molecule has 0 radical (unpaired) electrons. The number of anilines is 1. The van der Waals surface area contributed by atoms with Gasteiger partial charge in [0.05, 0.1) is 13.7 Å². The Morgan fingerprint density at radius 3 is 2.60 bits per heavy atom. The van der Waals surface area contributed by atoms with Crippen molar-refractivity contribution in [1.29, 1.82) is 0 Å². The van der Waals surface area contributed by atoms with Crippen molar-refractivity contribution in [1.82, 2.24) is 20.2 Å². The topological polar surface area (TPSA) is 78.8 Å². The first-order valence-electron chi connectivity index (χ1n) is 4.44. The lowest BCUT2D eigenvalue weighted by molar-refractivity contribution is 0.414. The molecule has 0 aliphatic rings. The molecule has 0 atom stereocenters. The smallest absolute Gasteiger partial charge is 0.260 e. The number of aromatic nitrogens is 4. The standard InChI is InChI=1S/C9H11N5O/c1-15-8-4-2-7(3-5-8)6-14-12-9(10)11-13-14/h2-5H,6H2,1H3,(H2,10,12). The van der Waals surface area contributed by atoms with Crippen LogP contribution in [-0.2, 0) is 6.54 Å². The van der Waals surface area contributed by atoms with Crippen LogP contribution in [0.1, 0.15) is 5.56 Å². The van der Waals surface area contributed by atoms with Crippen molar-refractivity contribution >= 4 is 5.95 Å². The maximum atomic E-state index is 5.35. The Morgan fingerprint density at radius 2 is 2.07 bits per heavy atom. The van der Waals surface area contributed by atoms with Crippen LogP contribution in [0, 0.1) is 0 Å². The fraction of sp³-hybridized carbons (Fsp3) is 0.222. The Labute approximate surface area is 86.7 Å². The quantitative estimate of drug-likeness (QED) is 0.780. The number of tetrazole rings is 1. The second-order valence-electron chi connectivity index (χ2n) is 3.03. The van der Waals surface area contributed by atoms with Crippen LogP contribution in [0.3, 0.4) is 0 Å². The summed E-state index contributed by atoms with van der Waals surface area (Å²) in [5, 5.41) is 11.2. The molecule has 2 aromatic rings. The molecule has 0 unspecified atom stereocenters. The van der Waals surface area contributed by atoms with Crippen LogP contribution in [0.4, 0.5) is 5.95 Å². The van der Waals surface area contributed by atoms with Crippen LogP contribution >= 0.6 is 0 Å². The van der Waals surface area contributed by atoms with Crippen molar-refractivity contribution in [3.63, 3.8) is 0 Å². The summed E-state index contributed by atoms with van der Waals surface area (Å²) in [7, 11) is 1.63. The molecule has 0 spiro atoms. The second kappa shape index (κ2) is 3.95. The van der Waals surface area contributed by atoms with Crippen LogP contribution in [0.2, 0.25) is 0 Å². The summed E-state index contributed by atoms with van der Waals surface area (Å²) in [4.78, 5) is 1.44. The van der Waals surface area contributed by atoms with Crippen molar-refractivity contribution in [2.45, 2.75) is 6.54 Å². The molecule has 0 aliphatic heterocycles. The van der Waals surface area contributed by atoms with E-state index in [0.717, 1.165) is 11.3 Å². The summed E-state index contributed by atoms with van der Waals surface area (Å²) < 4.78 is 5.05. The number of ether oxygens (including phenoxy) is 1. The first kappa shape index (κ1) is 9.45. The lowest BCUT2D eigenvalue weighted by Gasteiger charge is -2.01.